The topological polar surface area (TPSA) is 98.2 Å². The Balaban J connectivity index is 2.35. The fraction of sp³-hybridized carbons (Fsp3) is 0.0714. The predicted octanol–water partition coefficient (Wildman–Crippen LogP) is 2.25. The molecule has 0 radical (unpaired) electrons. The summed E-state index contributed by atoms with van der Waals surface area (Å²) in [7, 11) is 1.21. The molecule has 0 aliphatic rings. The van der Waals surface area contributed by atoms with Gasteiger partial charge in [0.25, 0.3) is 0 Å². The Bertz CT molecular complexity index is 741. The fourth-order valence-electron chi connectivity index (χ4n) is 1.51. The number of carbonyl (C=O) groups is 1. The first kappa shape index (κ1) is 14.3. The molecule has 0 aliphatic carbocycles. The molecule has 0 amide bonds. The van der Waals surface area contributed by atoms with Gasteiger partial charge in [0.2, 0.25) is 5.88 Å². The number of aromatic nitrogens is 1. The number of carbonyl (C=O) groups excluding carboxylic acids is 1. The van der Waals surface area contributed by atoms with Crippen LogP contribution in [0.4, 0.5) is 10.1 Å². The molecule has 6 nitrogen and oxygen atoms in total. The van der Waals surface area contributed by atoms with Crippen molar-refractivity contribution in [2.75, 3.05) is 12.8 Å². The quantitative estimate of drug-likeness (QED) is 0.869. The molecule has 0 atom stereocenters. The summed E-state index contributed by atoms with van der Waals surface area (Å²) in [5, 5.41) is 8.67. The number of nitriles is 1. The Morgan fingerprint density at radius 2 is 2.14 bits per heavy atom. The van der Waals surface area contributed by atoms with Crippen LogP contribution in [0.1, 0.15) is 16.1 Å². The van der Waals surface area contributed by atoms with E-state index in [0.717, 1.165) is 6.07 Å². The van der Waals surface area contributed by atoms with Gasteiger partial charge in [-0.1, -0.05) is 0 Å². The molecule has 0 saturated heterocycles. The van der Waals surface area contributed by atoms with Gasteiger partial charge >= 0.3 is 5.97 Å². The van der Waals surface area contributed by atoms with Crippen molar-refractivity contribution in [1.82, 2.24) is 4.98 Å². The SMILES string of the molecule is COC(=O)c1ccc(N)c(Oc2ccc(C#N)cc2F)n1. The van der Waals surface area contributed by atoms with E-state index in [9.17, 15) is 9.18 Å². The second-order valence-corrected chi connectivity index (χ2v) is 3.94. The highest BCUT2D eigenvalue weighted by Gasteiger charge is 2.14. The molecule has 106 valence electrons. The van der Waals surface area contributed by atoms with E-state index >= 15 is 0 Å². The highest BCUT2D eigenvalue weighted by atomic mass is 19.1. The number of hydrogen-bond acceptors (Lipinski definition) is 6. The molecule has 7 heteroatoms. The molecule has 2 rings (SSSR count). The summed E-state index contributed by atoms with van der Waals surface area (Å²) >= 11 is 0. The first-order valence-corrected chi connectivity index (χ1v) is 5.77. The Labute approximate surface area is 119 Å². The van der Waals surface area contributed by atoms with Crippen LogP contribution < -0.4 is 10.5 Å². The van der Waals surface area contributed by atoms with E-state index in [1.54, 1.807) is 6.07 Å². The Kier molecular flexibility index (Phi) is 4.00. The van der Waals surface area contributed by atoms with Crippen LogP contribution in [0.3, 0.4) is 0 Å². The summed E-state index contributed by atoms with van der Waals surface area (Å²) in [5.41, 5.74) is 5.94. The van der Waals surface area contributed by atoms with Crippen LogP contribution in [0.15, 0.2) is 30.3 Å². The molecule has 0 saturated carbocycles. The van der Waals surface area contributed by atoms with Crippen LogP contribution in [0.5, 0.6) is 11.6 Å². The molecular weight excluding hydrogens is 277 g/mol. The van der Waals surface area contributed by atoms with Crippen molar-refractivity contribution in [1.29, 1.82) is 5.26 Å². The molecule has 1 aromatic carbocycles. The van der Waals surface area contributed by atoms with Crippen molar-refractivity contribution < 1.29 is 18.7 Å². The lowest BCUT2D eigenvalue weighted by Gasteiger charge is -2.09. The van der Waals surface area contributed by atoms with Crippen molar-refractivity contribution in [2.45, 2.75) is 0 Å². The highest BCUT2D eigenvalue weighted by molar-refractivity contribution is 5.87. The maximum Gasteiger partial charge on any atom is 0.356 e. The van der Waals surface area contributed by atoms with Gasteiger partial charge in [-0.15, -0.1) is 0 Å². The lowest BCUT2D eigenvalue weighted by atomic mass is 10.2. The smallest absolute Gasteiger partial charge is 0.356 e. The molecule has 2 aromatic rings. The van der Waals surface area contributed by atoms with E-state index in [0.29, 0.717) is 0 Å². The first-order chi connectivity index (χ1) is 10.0. The van der Waals surface area contributed by atoms with Crippen molar-refractivity contribution in [3.05, 3.63) is 47.4 Å². The molecule has 0 bridgehead atoms. The third kappa shape index (κ3) is 3.06. The maximum absolute atomic E-state index is 13.7. The highest BCUT2D eigenvalue weighted by Crippen LogP contribution is 2.28. The zero-order valence-electron chi connectivity index (χ0n) is 11.0. The molecule has 0 fully saturated rings. The third-order valence-corrected chi connectivity index (χ3v) is 2.55. The molecule has 1 aromatic heterocycles. The van der Waals surface area contributed by atoms with Gasteiger partial charge in [0.05, 0.1) is 24.4 Å². The van der Waals surface area contributed by atoms with Crippen molar-refractivity contribution in [3.63, 3.8) is 0 Å². The number of nitrogens with two attached hydrogens (primary N) is 1. The summed E-state index contributed by atoms with van der Waals surface area (Å²) < 4.78 is 23.5. The van der Waals surface area contributed by atoms with Gasteiger partial charge in [-0.25, -0.2) is 14.2 Å². The summed E-state index contributed by atoms with van der Waals surface area (Å²) in [4.78, 5) is 15.3. The molecule has 0 unspecified atom stereocenters. The first-order valence-electron chi connectivity index (χ1n) is 5.77. The fourth-order valence-corrected chi connectivity index (χ4v) is 1.51. The van der Waals surface area contributed by atoms with Crippen molar-refractivity contribution in [3.8, 4) is 17.7 Å². The monoisotopic (exact) mass is 287 g/mol. The lowest BCUT2D eigenvalue weighted by Crippen LogP contribution is -2.06. The number of nitrogens with zero attached hydrogens (tertiary/aromatic N) is 2. The Hall–Kier alpha value is -3.14. The van der Waals surface area contributed by atoms with E-state index in [2.05, 4.69) is 9.72 Å². The lowest BCUT2D eigenvalue weighted by molar-refractivity contribution is 0.0593. The second kappa shape index (κ2) is 5.88. The van der Waals surface area contributed by atoms with E-state index in [1.807, 2.05) is 0 Å². The molecule has 0 aliphatic heterocycles. The van der Waals surface area contributed by atoms with E-state index in [1.165, 1.54) is 31.4 Å². The molecule has 21 heavy (non-hydrogen) atoms. The van der Waals surface area contributed by atoms with Crippen LogP contribution in [-0.2, 0) is 4.74 Å². The van der Waals surface area contributed by atoms with E-state index < -0.39 is 11.8 Å². The number of nitrogen functional groups attached to an aromatic ring is 1. The summed E-state index contributed by atoms with van der Waals surface area (Å²) in [5.74, 6) is -1.68. The number of rotatable bonds is 3. The predicted molar refractivity (Wildman–Crippen MR) is 71.2 cm³/mol. The van der Waals surface area contributed by atoms with Gasteiger partial charge in [0.1, 0.15) is 0 Å². The molecule has 0 spiro atoms. The van der Waals surface area contributed by atoms with Crippen molar-refractivity contribution in [2.24, 2.45) is 0 Å². The second-order valence-electron chi connectivity index (χ2n) is 3.94. The van der Waals surface area contributed by atoms with Crippen LogP contribution in [0.25, 0.3) is 0 Å². The Morgan fingerprint density at radius 1 is 1.38 bits per heavy atom. The van der Waals surface area contributed by atoms with Crippen molar-refractivity contribution >= 4 is 11.7 Å². The van der Waals surface area contributed by atoms with Crippen LogP contribution in [0.2, 0.25) is 0 Å². The third-order valence-electron chi connectivity index (χ3n) is 2.55. The number of methoxy groups -OCH3 is 1. The minimum absolute atomic E-state index is 0.0178. The number of ether oxygens (including phenoxy) is 2. The number of halogens is 1. The number of hydrogen-bond donors (Lipinski definition) is 1. The largest absolute Gasteiger partial charge is 0.464 e. The van der Waals surface area contributed by atoms with E-state index in [-0.39, 0.29) is 28.6 Å². The zero-order valence-corrected chi connectivity index (χ0v) is 11.0. The van der Waals surface area contributed by atoms with Crippen LogP contribution in [-0.4, -0.2) is 18.1 Å². The minimum atomic E-state index is -0.737. The standard InChI is InChI=1S/C14H10FN3O3/c1-20-14(19)11-4-3-10(17)13(18-11)21-12-5-2-8(7-16)6-9(12)15/h2-6H,17H2,1H3. The zero-order chi connectivity index (χ0) is 15.4. The summed E-state index contributed by atoms with van der Waals surface area (Å²) in [6.07, 6.45) is 0. The van der Waals surface area contributed by atoms with Gasteiger partial charge in [0, 0.05) is 0 Å². The summed E-state index contributed by atoms with van der Waals surface area (Å²) in [6, 6.07) is 8.26. The number of esters is 1. The van der Waals surface area contributed by atoms with Gasteiger partial charge in [0.15, 0.2) is 17.3 Å². The number of benzene rings is 1. The normalized spacial score (nSPS) is 9.76. The summed E-state index contributed by atoms with van der Waals surface area (Å²) in [6.45, 7) is 0. The van der Waals surface area contributed by atoms with Crippen LogP contribution in [0, 0.1) is 17.1 Å². The average Bonchev–Trinajstić information content (AvgIpc) is 2.50. The average molecular weight is 287 g/mol. The number of anilines is 1. The van der Waals surface area contributed by atoms with E-state index in [4.69, 9.17) is 15.7 Å². The van der Waals surface area contributed by atoms with Gasteiger partial charge in [-0.3, -0.25) is 0 Å². The maximum atomic E-state index is 13.7. The van der Waals surface area contributed by atoms with Crippen LogP contribution >= 0.6 is 0 Å². The number of pyridine rings is 1. The molecule has 1 heterocycles. The van der Waals surface area contributed by atoms with Gasteiger partial charge in [-0.05, 0) is 30.3 Å². The Morgan fingerprint density at radius 3 is 2.76 bits per heavy atom. The van der Waals surface area contributed by atoms with Gasteiger partial charge < -0.3 is 15.2 Å². The van der Waals surface area contributed by atoms with Gasteiger partial charge in [-0.2, -0.15) is 5.26 Å². The minimum Gasteiger partial charge on any atom is -0.464 e. The molecule has 2 N–H and O–H groups in total. The molecular formula is C14H10FN3O3.